The summed E-state index contributed by atoms with van der Waals surface area (Å²) in [5, 5.41) is 18.2. The first-order valence-electron chi connectivity index (χ1n) is 7.27. The Hall–Kier alpha value is -1.80. The van der Waals surface area contributed by atoms with Crippen LogP contribution in [-0.4, -0.2) is 40.5 Å². The van der Waals surface area contributed by atoms with E-state index in [0.29, 0.717) is 14.9 Å². The highest BCUT2D eigenvalue weighted by Gasteiger charge is 2.23. The zero-order valence-corrected chi connectivity index (χ0v) is 17.6. The molecule has 0 aliphatic carbocycles. The van der Waals surface area contributed by atoms with E-state index in [-0.39, 0.29) is 14.6 Å². The molecule has 0 unspecified atom stereocenters. The zero-order chi connectivity index (χ0) is 19.4. The molecular weight excluding hydrogens is 452 g/mol. The number of nitrogens with one attached hydrogen (secondary N) is 2. The van der Waals surface area contributed by atoms with Gasteiger partial charge in [0.25, 0.3) is 20.3 Å². The van der Waals surface area contributed by atoms with Crippen LogP contribution in [0, 0.1) is 0 Å². The second kappa shape index (κ2) is 8.48. The van der Waals surface area contributed by atoms with Crippen molar-refractivity contribution in [2.45, 2.75) is 15.6 Å². The number of rotatable bonds is 7. The Morgan fingerprint density at radius 2 is 1.81 bits per heavy atom. The lowest BCUT2D eigenvalue weighted by molar-refractivity contribution is 0.102. The van der Waals surface area contributed by atoms with E-state index in [1.165, 1.54) is 11.8 Å². The Balaban J connectivity index is 1.69. The summed E-state index contributed by atoms with van der Waals surface area (Å²) in [5.41, 5.74) is 0.354. The monoisotopic (exact) mass is 462 g/mol. The van der Waals surface area contributed by atoms with Gasteiger partial charge in [0.15, 0.2) is 4.34 Å². The zero-order valence-electron chi connectivity index (χ0n) is 13.5. The molecule has 0 aliphatic heterocycles. The Kier molecular flexibility index (Phi) is 6.26. The van der Waals surface area contributed by atoms with E-state index in [0.717, 1.165) is 28.4 Å². The van der Waals surface area contributed by atoms with Crippen LogP contribution < -0.4 is 10.0 Å². The Bertz CT molecular complexity index is 1050. The fraction of sp³-hybridized carbons (Fsp3) is 0.154. The number of halogens is 1. The van der Waals surface area contributed by atoms with Crippen LogP contribution >= 0.6 is 46.0 Å². The van der Waals surface area contributed by atoms with Crippen LogP contribution in [0.1, 0.15) is 17.3 Å². The molecule has 1 aromatic carbocycles. The van der Waals surface area contributed by atoms with Crippen molar-refractivity contribution in [1.82, 2.24) is 20.4 Å². The molecule has 2 heterocycles. The predicted molar refractivity (Wildman–Crippen MR) is 106 cm³/mol. The third-order valence-electron chi connectivity index (χ3n) is 2.86. The van der Waals surface area contributed by atoms with Crippen LogP contribution in [0.4, 0.5) is 10.3 Å². The highest BCUT2D eigenvalue weighted by atomic mass is 35.5. The van der Waals surface area contributed by atoms with E-state index in [9.17, 15) is 13.2 Å². The van der Waals surface area contributed by atoms with Gasteiger partial charge in [-0.1, -0.05) is 53.0 Å². The predicted octanol–water partition coefficient (Wildman–Crippen LogP) is 3.21. The molecule has 142 valence electrons. The Labute approximate surface area is 171 Å². The second-order valence-electron chi connectivity index (χ2n) is 4.75. The maximum Gasteiger partial charge on any atom is 0.293 e. The average molecular weight is 463 g/mol. The molecule has 3 rings (SSSR count). The van der Waals surface area contributed by atoms with Crippen molar-refractivity contribution in [3.63, 3.8) is 0 Å². The SMILES string of the molecule is CCSc1nnc(NS(=O)(=O)c2nnc(NC(=O)c3ccc(Cl)cc3)s2)s1. The minimum absolute atomic E-state index is 0.0508. The summed E-state index contributed by atoms with van der Waals surface area (Å²) in [6.45, 7) is 1.96. The number of sulfonamides is 1. The molecule has 0 spiro atoms. The van der Waals surface area contributed by atoms with E-state index < -0.39 is 15.9 Å². The van der Waals surface area contributed by atoms with Gasteiger partial charge in [-0.25, -0.2) is 0 Å². The van der Waals surface area contributed by atoms with Crippen molar-refractivity contribution in [1.29, 1.82) is 0 Å². The molecule has 0 atom stereocenters. The lowest BCUT2D eigenvalue weighted by Crippen LogP contribution is -2.12. The molecule has 2 aromatic heterocycles. The standard InChI is InChI=1S/C13H11ClN6O3S4/c1-2-24-12-18-17-11(25-12)20-27(22,23)13-19-16-10(26-13)15-9(21)7-3-5-8(14)6-4-7/h3-6H,2H2,1H3,(H,17,20)(H,15,16,21). The van der Waals surface area contributed by atoms with Gasteiger partial charge in [0, 0.05) is 10.6 Å². The summed E-state index contributed by atoms with van der Waals surface area (Å²) in [6.07, 6.45) is 0. The number of thioether (sulfide) groups is 1. The largest absolute Gasteiger partial charge is 0.296 e. The number of carbonyl (C=O) groups excluding carboxylic acids is 1. The average Bonchev–Trinajstić information content (AvgIpc) is 3.25. The van der Waals surface area contributed by atoms with Gasteiger partial charge in [-0.2, -0.15) is 8.42 Å². The van der Waals surface area contributed by atoms with Crippen LogP contribution in [-0.2, 0) is 10.0 Å². The number of hydrogen-bond acceptors (Lipinski definition) is 10. The third kappa shape index (κ3) is 5.13. The van der Waals surface area contributed by atoms with Gasteiger partial charge in [-0.05, 0) is 30.0 Å². The van der Waals surface area contributed by atoms with Crippen LogP contribution in [0.25, 0.3) is 0 Å². The molecular formula is C13H11ClN6O3S4. The van der Waals surface area contributed by atoms with E-state index in [1.807, 2.05) is 6.92 Å². The van der Waals surface area contributed by atoms with Gasteiger partial charge >= 0.3 is 0 Å². The molecule has 1 amide bonds. The first-order valence-corrected chi connectivity index (χ1v) is 11.7. The van der Waals surface area contributed by atoms with Gasteiger partial charge in [0.1, 0.15) is 0 Å². The first kappa shape index (κ1) is 19.9. The van der Waals surface area contributed by atoms with Gasteiger partial charge in [0.05, 0.1) is 0 Å². The van der Waals surface area contributed by atoms with Crippen molar-refractivity contribution in [2.24, 2.45) is 0 Å². The van der Waals surface area contributed by atoms with Crippen molar-refractivity contribution in [3.05, 3.63) is 34.9 Å². The molecule has 14 heteroatoms. The van der Waals surface area contributed by atoms with E-state index in [2.05, 4.69) is 30.4 Å². The molecule has 9 nitrogen and oxygen atoms in total. The number of nitrogens with zero attached hydrogens (tertiary/aromatic N) is 4. The van der Waals surface area contributed by atoms with Crippen LogP contribution in [0.15, 0.2) is 32.9 Å². The van der Waals surface area contributed by atoms with Gasteiger partial charge < -0.3 is 0 Å². The molecule has 0 bridgehead atoms. The maximum absolute atomic E-state index is 12.4. The molecule has 0 aliphatic rings. The number of anilines is 2. The third-order valence-corrected chi connectivity index (χ3v) is 7.64. The molecule has 3 aromatic rings. The molecule has 0 radical (unpaired) electrons. The second-order valence-corrected chi connectivity index (χ2v) is 10.5. The Morgan fingerprint density at radius 3 is 2.52 bits per heavy atom. The lowest BCUT2D eigenvalue weighted by Gasteiger charge is -2.01. The number of carbonyl (C=O) groups is 1. The fourth-order valence-corrected chi connectivity index (χ4v) is 5.63. The van der Waals surface area contributed by atoms with Gasteiger partial charge in [-0.3, -0.25) is 14.8 Å². The highest BCUT2D eigenvalue weighted by molar-refractivity contribution is 8.01. The summed E-state index contributed by atoms with van der Waals surface area (Å²) < 4.78 is 27.4. The molecule has 0 saturated heterocycles. The molecule has 27 heavy (non-hydrogen) atoms. The van der Waals surface area contributed by atoms with Crippen LogP contribution in [0.5, 0.6) is 0 Å². The summed E-state index contributed by atoms with van der Waals surface area (Å²) in [6, 6.07) is 6.23. The lowest BCUT2D eigenvalue weighted by atomic mass is 10.2. The van der Waals surface area contributed by atoms with Crippen molar-refractivity contribution in [2.75, 3.05) is 15.8 Å². The minimum Gasteiger partial charge on any atom is -0.296 e. The van der Waals surface area contributed by atoms with Gasteiger partial charge in [0.2, 0.25) is 10.3 Å². The van der Waals surface area contributed by atoms with Crippen LogP contribution in [0.3, 0.4) is 0 Å². The van der Waals surface area contributed by atoms with Crippen molar-refractivity contribution >= 4 is 72.2 Å². The van der Waals surface area contributed by atoms with Crippen molar-refractivity contribution in [3.8, 4) is 0 Å². The minimum atomic E-state index is -3.98. The summed E-state index contributed by atoms with van der Waals surface area (Å²) in [5.74, 6) is 0.346. The van der Waals surface area contributed by atoms with Gasteiger partial charge in [-0.15, -0.1) is 20.4 Å². The van der Waals surface area contributed by atoms with Crippen LogP contribution in [0.2, 0.25) is 5.02 Å². The molecule has 0 saturated carbocycles. The number of aromatic nitrogens is 4. The number of amides is 1. The Morgan fingerprint density at radius 1 is 1.11 bits per heavy atom. The van der Waals surface area contributed by atoms with Crippen molar-refractivity contribution < 1.29 is 13.2 Å². The number of benzene rings is 1. The normalized spacial score (nSPS) is 11.3. The first-order chi connectivity index (χ1) is 12.9. The van der Waals surface area contributed by atoms with E-state index in [4.69, 9.17) is 11.6 Å². The number of hydrogen-bond donors (Lipinski definition) is 2. The maximum atomic E-state index is 12.4. The highest BCUT2D eigenvalue weighted by Crippen LogP contribution is 2.28. The van der Waals surface area contributed by atoms with E-state index >= 15 is 0 Å². The smallest absolute Gasteiger partial charge is 0.293 e. The summed E-state index contributed by atoms with van der Waals surface area (Å²) >= 11 is 9.08. The molecule has 0 fully saturated rings. The topological polar surface area (TPSA) is 127 Å². The fourth-order valence-electron chi connectivity index (χ4n) is 1.73. The quantitative estimate of drug-likeness (QED) is 0.404. The summed E-state index contributed by atoms with van der Waals surface area (Å²) in [7, 11) is -3.98. The van der Waals surface area contributed by atoms with E-state index in [1.54, 1.807) is 24.3 Å². The molecule has 2 N–H and O–H groups in total. The summed E-state index contributed by atoms with van der Waals surface area (Å²) in [4.78, 5) is 12.1.